The van der Waals surface area contributed by atoms with Crippen LogP contribution in [0, 0.1) is 12.8 Å². The molecule has 18 heavy (non-hydrogen) atoms. The van der Waals surface area contributed by atoms with Gasteiger partial charge in [-0.1, -0.05) is 0 Å². The normalized spacial score (nSPS) is 17.4. The van der Waals surface area contributed by atoms with Crippen molar-refractivity contribution in [1.82, 2.24) is 14.7 Å². The summed E-state index contributed by atoms with van der Waals surface area (Å²) < 4.78 is 7.30. The van der Waals surface area contributed by atoms with Crippen molar-refractivity contribution >= 4 is 5.91 Å². The van der Waals surface area contributed by atoms with Crippen molar-refractivity contribution in [2.75, 3.05) is 19.7 Å². The van der Waals surface area contributed by atoms with Crippen LogP contribution in [0.2, 0.25) is 0 Å². The van der Waals surface area contributed by atoms with E-state index in [0.29, 0.717) is 18.2 Å². The maximum Gasteiger partial charge on any atom is 0.274 e. The van der Waals surface area contributed by atoms with Gasteiger partial charge in [0.25, 0.3) is 5.91 Å². The fourth-order valence-corrected chi connectivity index (χ4v) is 2.42. The second-order valence-electron chi connectivity index (χ2n) is 5.14. The molecule has 3 rings (SSSR count). The minimum atomic E-state index is 0.0485. The summed E-state index contributed by atoms with van der Waals surface area (Å²) in [6, 6.07) is 0. The van der Waals surface area contributed by atoms with Crippen LogP contribution in [0.25, 0.3) is 0 Å². The van der Waals surface area contributed by atoms with E-state index in [0.717, 1.165) is 31.1 Å². The van der Waals surface area contributed by atoms with E-state index in [1.807, 2.05) is 18.7 Å². The lowest BCUT2D eigenvalue weighted by molar-refractivity contribution is 0.0749. The van der Waals surface area contributed by atoms with E-state index < -0.39 is 0 Å². The number of carbonyl (C=O) groups is 1. The predicted octanol–water partition coefficient (Wildman–Crippen LogP) is 1.46. The lowest BCUT2D eigenvalue weighted by Gasteiger charge is -2.19. The maximum absolute atomic E-state index is 12.5. The second-order valence-corrected chi connectivity index (χ2v) is 5.14. The van der Waals surface area contributed by atoms with Gasteiger partial charge in [0.15, 0.2) is 5.69 Å². The molecule has 1 aliphatic carbocycles. The Morgan fingerprint density at radius 1 is 1.56 bits per heavy atom. The summed E-state index contributed by atoms with van der Waals surface area (Å²) in [6.45, 7) is 6.98. The van der Waals surface area contributed by atoms with Gasteiger partial charge in [-0.05, 0) is 32.6 Å². The number of hydrogen-bond acceptors (Lipinski definition) is 3. The summed E-state index contributed by atoms with van der Waals surface area (Å²) in [4.78, 5) is 14.4. The van der Waals surface area contributed by atoms with Gasteiger partial charge in [-0.25, -0.2) is 4.68 Å². The molecule has 1 saturated carbocycles. The van der Waals surface area contributed by atoms with E-state index in [-0.39, 0.29) is 5.91 Å². The van der Waals surface area contributed by atoms with Crippen molar-refractivity contribution in [3.05, 3.63) is 11.3 Å². The summed E-state index contributed by atoms with van der Waals surface area (Å²) in [5, 5.41) is 4.39. The zero-order chi connectivity index (χ0) is 12.7. The standard InChI is InChI=1S/C13H19N3O2/c1-3-15(8-10-4-5-10)12(17)11-9(2)13-16(14-11)6-7-18-13/h10H,3-8H2,1-2H3. The lowest BCUT2D eigenvalue weighted by Crippen LogP contribution is -2.33. The zero-order valence-electron chi connectivity index (χ0n) is 11.0. The largest absolute Gasteiger partial charge is 0.476 e. The van der Waals surface area contributed by atoms with Crippen molar-refractivity contribution in [2.24, 2.45) is 5.92 Å². The van der Waals surface area contributed by atoms with Gasteiger partial charge in [0.2, 0.25) is 5.88 Å². The summed E-state index contributed by atoms with van der Waals surface area (Å²) in [7, 11) is 0. The van der Waals surface area contributed by atoms with Crippen LogP contribution in [0.5, 0.6) is 5.88 Å². The average Bonchev–Trinajstić information content (AvgIpc) is 2.97. The first-order valence-electron chi connectivity index (χ1n) is 6.70. The molecule has 5 nitrogen and oxygen atoms in total. The summed E-state index contributed by atoms with van der Waals surface area (Å²) >= 11 is 0. The van der Waals surface area contributed by atoms with Crippen LogP contribution in [-0.4, -0.2) is 40.3 Å². The molecule has 2 aliphatic rings. The minimum Gasteiger partial charge on any atom is -0.476 e. The molecule has 0 aromatic carbocycles. The molecule has 1 aromatic heterocycles. The minimum absolute atomic E-state index is 0.0485. The highest BCUT2D eigenvalue weighted by molar-refractivity contribution is 5.94. The van der Waals surface area contributed by atoms with Crippen LogP contribution in [0.1, 0.15) is 35.8 Å². The van der Waals surface area contributed by atoms with E-state index >= 15 is 0 Å². The first kappa shape index (κ1) is 11.6. The number of amides is 1. The van der Waals surface area contributed by atoms with Gasteiger partial charge in [0.05, 0.1) is 6.54 Å². The Hall–Kier alpha value is -1.52. The van der Waals surface area contributed by atoms with Gasteiger partial charge in [-0.15, -0.1) is 0 Å². The van der Waals surface area contributed by atoms with Crippen molar-refractivity contribution in [2.45, 2.75) is 33.2 Å². The van der Waals surface area contributed by atoms with Crippen LogP contribution in [-0.2, 0) is 6.54 Å². The van der Waals surface area contributed by atoms with Gasteiger partial charge >= 0.3 is 0 Å². The number of hydrogen-bond donors (Lipinski definition) is 0. The first-order chi connectivity index (χ1) is 8.70. The second kappa shape index (κ2) is 4.30. The fraction of sp³-hybridized carbons (Fsp3) is 0.692. The Kier molecular flexibility index (Phi) is 2.76. The van der Waals surface area contributed by atoms with Crippen molar-refractivity contribution < 1.29 is 9.53 Å². The van der Waals surface area contributed by atoms with Crippen LogP contribution in [0.15, 0.2) is 0 Å². The van der Waals surface area contributed by atoms with Crippen molar-refractivity contribution in [3.63, 3.8) is 0 Å². The Morgan fingerprint density at radius 2 is 2.33 bits per heavy atom. The molecule has 1 amide bonds. The van der Waals surface area contributed by atoms with E-state index in [1.54, 1.807) is 4.68 Å². The molecule has 0 radical (unpaired) electrons. The van der Waals surface area contributed by atoms with Gasteiger partial charge in [0.1, 0.15) is 6.61 Å². The maximum atomic E-state index is 12.5. The van der Waals surface area contributed by atoms with Gasteiger partial charge in [0, 0.05) is 18.7 Å². The molecule has 0 atom stereocenters. The van der Waals surface area contributed by atoms with E-state index in [9.17, 15) is 4.79 Å². The molecule has 98 valence electrons. The Bertz CT molecular complexity index is 477. The predicted molar refractivity (Wildman–Crippen MR) is 66.8 cm³/mol. The molecule has 0 unspecified atom stereocenters. The molecule has 1 aromatic rings. The number of carbonyl (C=O) groups excluding carboxylic acids is 1. The number of fused-ring (bicyclic) bond motifs is 1. The third-order valence-electron chi connectivity index (χ3n) is 3.72. The number of nitrogens with zero attached hydrogens (tertiary/aromatic N) is 3. The van der Waals surface area contributed by atoms with E-state index in [4.69, 9.17) is 4.74 Å². The molecule has 0 spiro atoms. The highest BCUT2D eigenvalue weighted by atomic mass is 16.5. The Labute approximate surface area is 107 Å². The topological polar surface area (TPSA) is 47.4 Å². The lowest BCUT2D eigenvalue weighted by atomic mass is 10.2. The van der Waals surface area contributed by atoms with Gasteiger partial charge < -0.3 is 9.64 Å². The summed E-state index contributed by atoms with van der Waals surface area (Å²) in [6.07, 6.45) is 2.51. The molecular weight excluding hydrogens is 230 g/mol. The van der Waals surface area contributed by atoms with Crippen molar-refractivity contribution in [1.29, 1.82) is 0 Å². The molecule has 5 heteroatoms. The number of ether oxygens (including phenoxy) is 1. The first-order valence-corrected chi connectivity index (χ1v) is 6.70. The zero-order valence-corrected chi connectivity index (χ0v) is 11.0. The quantitative estimate of drug-likeness (QED) is 0.811. The highest BCUT2D eigenvalue weighted by Gasteiger charge is 2.30. The third-order valence-corrected chi connectivity index (χ3v) is 3.72. The van der Waals surface area contributed by atoms with Crippen LogP contribution < -0.4 is 4.74 Å². The van der Waals surface area contributed by atoms with Gasteiger partial charge in [-0.3, -0.25) is 4.79 Å². The molecule has 1 fully saturated rings. The Morgan fingerprint density at radius 3 is 2.94 bits per heavy atom. The molecule has 0 saturated heterocycles. The van der Waals surface area contributed by atoms with Crippen LogP contribution in [0.4, 0.5) is 0 Å². The van der Waals surface area contributed by atoms with Crippen LogP contribution in [0.3, 0.4) is 0 Å². The Balaban J connectivity index is 1.82. The number of rotatable bonds is 4. The number of aromatic nitrogens is 2. The molecule has 0 bridgehead atoms. The molecule has 1 aliphatic heterocycles. The molecule has 0 N–H and O–H groups in total. The SMILES string of the molecule is CCN(CC1CC1)C(=O)c1nn2c(c1C)OCC2. The summed E-state index contributed by atoms with van der Waals surface area (Å²) in [5.41, 5.74) is 1.44. The van der Waals surface area contributed by atoms with Crippen molar-refractivity contribution in [3.8, 4) is 5.88 Å². The van der Waals surface area contributed by atoms with Crippen LogP contribution >= 0.6 is 0 Å². The molecule has 2 heterocycles. The fourth-order valence-electron chi connectivity index (χ4n) is 2.42. The average molecular weight is 249 g/mol. The van der Waals surface area contributed by atoms with Gasteiger partial charge in [-0.2, -0.15) is 5.10 Å². The monoisotopic (exact) mass is 249 g/mol. The smallest absolute Gasteiger partial charge is 0.274 e. The highest BCUT2D eigenvalue weighted by Crippen LogP contribution is 2.31. The molecular formula is C13H19N3O2. The van der Waals surface area contributed by atoms with E-state index in [2.05, 4.69) is 5.10 Å². The summed E-state index contributed by atoms with van der Waals surface area (Å²) in [5.74, 6) is 1.52. The van der Waals surface area contributed by atoms with E-state index in [1.165, 1.54) is 12.8 Å². The third kappa shape index (κ3) is 1.87.